The maximum absolute atomic E-state index is 10.9. The van der Waals surface area contributed by atoms with E-state index in [1.165, 1.54) is 18.3 Å². The minimum Gasteiger partial charge on any atom is -0.497 e. The van der Waals surface area contributed by atoms with Gasteiger partial charge in [-0.15, -0.1) is 10.2 Å². The molecule has 0 saturated heterocycles. The van der Waals surface area contributed by atoms with Crippen LogP contribution in [-0.2, 0) is 10.5 Å². The summed E-state index contributed by atoms with van der Waals surface area (Å²) in [5.74, 6) is 2.06. The Balaban J connectivity index is 2.02. The molecule has 0 aliphatic rings. The highest BCUT2D eigenvalue weighted by Crippen LogP contribution is 2.31. The molecule has 21 heavy (non-hydrogen) atoms. The SMILES string of the molecule is COc1cc(CSc2nnc(NC(C)=O)s2)cc(OC)c1. The van der Waals surface area contributed by atoms with Crippen molar-refractivity contribution in [1.29, 1.82) is 0 Å². The molecule has 1 N–H and O–H groups in total. The molecule has 6 nitrogen and oxygen atoms in total. The van der Waals surface area contributed by atoms with E-state index in [0.29, 0.717) is 10.9 Å². The molecule has 0 unspecified atom stereocenters. The Bertz CT molecular complexity index is 609. The largest absolute Gasteiger partial charge is 0.497 e. The van der Waals surface area contributed by atoms with Gasteiger partial charge in [0.15, 0.2) is 4.34 Å². The van der Waals surface area contributed by atoms with Crippen LogP contribution in [0.2, 0.25) is 0 Å². The van der Waals surface area contributed by atoms with Crippen LogP contribution < -0.4 is 14.8 Å². The lowest BCUT2D eigenvalue weighted by Crippen LogP contribution is -2.04. The number of methoxy groups -OCH3 is 2. The monoisotopic (exact) mass is 325 g/mol. The van der Waals surface area contributed by atoms with E-state index in [4.69, 9.17) is 9.47 Å². The van der Waals surface area contributed by atoms with Crippen LogP contribution in [0.4, 0.5) is 5.13 Å². The summed E-state index contributed by atoms with van der Waals surface area (Å²) >= 11 is 2.89. The molecule has 1 aromatic heterocycles. The Morgan fingerprint density at radius 2 is 1.90 bits per heavy atom. The topological polar surface area (TPSA) is 73.3 Å². The average molecular weight is 325 g/mol. The van der Waals surface area contributed by atoms with Gasteiger partial charge in [-0.2, -0.15) is 0 Å². The lowest BCUT2D eigenvalue weighted by Gasteiger charge is -2.07. The molecule has 0 aliphatic carbocycles. The maximum atomic E-state index is 10.9. The van der Waals surface area contributed by atoms with Gasteiger partial charge < -0.3 is 14.8 Å². The number of ether oxygens (including phenoxy) is 2. The lowest BCUT2D eigenvalue weighted by atomic mass is 10.2. The van der Waals surface area contributed by atoms with Gasteiger partial charge in [0, 0.05) is 18.7 Å². The van der Waals surface area contributed by atoms with Crippen molar-refractivity contribution in [2.45, 2.75) is 17.0 Å². The fourth-order valence-electron chi connectivity index (χ4n) is 1.56. The van der Waals surface area contributed by atoms with Gasteiger partial charge in [-0.05, 0) is 17.7 Å². The highest BCUT2D eigenvalue weighted by Gasteiger charge is 2.08. The van der Waals surface area contributed by atoms with E-state index in [1.807, 2.05) is 18.2 Å². The predicted octanol–water partition coefficient (Wildman–Crippen LogP) is 2.81. The number of hydrogen-bond acceptors (Lipinski definition) is 7. The lowest BCUT2D eigenvalue weighted by molar-refractivity contribution is -0.114. The van der Waals surface area contributed by atoms with Crippen molar-refractivity contribution in [3.05, 3.63) is 23.8 Å². The minimum absolute atomic E-state index is 0.153. The molecule has 2 rings (SSSR count). The molecule has 0 aliphatic heterocycles. The van der Waals surface area contributed by atoms with Gasteiger partial charge in [-0.1, -0.05) is 23.1 Å². The standard InChI is InChI=1S/C13H15N3O3S2/c1-8(17)14-12-15-16-13(21-12)20-7-9-4-10(18-2)6-11(5-9)19-3/h4-6H,7H2,1-3H3,(H,14,15,17). The van der Waals surface area contributed by atoms with Gasteiger partial charge in [0.05, 0.1) is 14.2 Å². The molecule has 0 spiro atoms. The fraction of sp³-hybridized carbons (Fsp3) is 0.308. The Kier molecular flexibility index (Phi) is 5.40. The Morgan fingerprint density at radius 1 is 1.24 bits per heavy atom. The number of carbonyl (C=O) groups excluding carboxylic acids is 1. The number of thioether (sulfide) groups is 1. The first-order chi connectivity index (χ1) is 10.1. The molecule has 8 heteroatoms. The van der Waals surface area contributed by atoms with Gasteiger partial charge in [0.1, 0.15) is 11.5 Å². The molecule has 0 bridgehead atoms. The quantitative estimate of drug-likeness (QED) is 0.650. The number of rotatable bonds is 6. The number of anilines is 1. The van der Waals surface area contributed by atoms with Crippen molar-refractivity contribution >= 4 is 34.1 Å². The van der Waals surface area contributed by atoms with Crippen molar-refractivity contribution in [2.24, 2.45) is 0 Å². The molecule has 1 aromatic carbocycles. The predicted molar refractivity (Wildman–Crippen MR) is 83.3 cm³/mol. The van der Waals surface area contributed by atoms with Crippen LogP contribution in [0.5, 0.6) is 11.5 Å². The number of nitrogens with zero attached hydrogens (tertiary/aromatic N) is 2. The maximum Gasteiger partial charge on any atom is 0.223 e. The molecule has 0 saturated carbocycles. The Morgan fingerprint density at radius 3 is 2.48 bits per heavy atom. The van der Waals surface area contributed by atoms with Crippen LogP contribution >= 0.6 is 23.1 Å². The minimum atomic E-state index is -0.153. The van der Waals surface area contributed by atoms with Crippen molar-refractivity contribution in [1.82, 2.24) is 10.2 Å². The Labute approximate surface area is 130 Å². The second-order valence-corrected chi connectivity index (χ2v) is 6.26. The molecule has 0 radical (unpaired) electrons. The van der Waals surface area contributed by atoms with Gasteiger partial charge in [-0.3, -0.25) is 4.79 Å². The van der Waals surface area contributed by atoms with Crippen LogP contribution in [0.3, 0.4) is 0 Å². The number of aromatic nitrogens is 2. The van der Waals surface area contributed by atoms with E-state index >= 15 is 0 Å². The van der Waals surface area contributed by atoms with Crippen LogP contribution in [0.15, 0.2) is 22.5 Å². The molecule has 1 amide bonds. The van der Waals surface area contributed by atoms with Crippen molar-refractivity contribution < 1.29 is 14.3 Å². The summed E-state index contributed by atoms with van der Waals surface area (Å²) in [5.41, 5.74) is 1.06. The second kappa shape index (κ2) is 7.28. The van der Waals surface area contributed by atoms with E-state index in [1.54, 1.807) is 26.0 Å². The fourth-order valence-corrected chi connectivity index (χ4v) is 3.29. The Hall–Kier alpha value is -1.80. The molecule has 112 valence electrons. The average Bonchev–Trinajstić information content (AvgIpc) is 2.91. The summed E-state index contributed by atoms with van der Waals surface area (Å²) in [4.78, 5) is 10.9. The van der Waals surface area contributed by atoms with Gasteiger partial charge in [0.25, 0.3) is 0 Å². The molecule has 0 atom stereocenters. The third-order valence-electron chi connectivity index (χ3n) is 2.46. The van der Waals surface area contributed by atoms with Crippen LogP contribution in [0.1, 0.15) is 12.5 Å². The van der Waals surface area contributed by atoms with Gasteiger partial charge in [0.2, 0.25) is 11.0 Å². The normalized spacial score (nSPS) is 10.2. The molecular weight excluding hydrogens is 310 g/mol. The van der Waals surface area contributed by atoms with Gasteiger partial charge >= 0.3 is 0 Å². The third kappa shape index (κ3) is 4.61. The second-order valence-electron chi connectivity index (χ2n) is 4.06. The van der Waals surface area contributed by atoms with Gasteiger partial charge in [-0.25, -0.2) is 0 Å². The number of benzene rings is 1. The van der Waals surface area contributed by atoms with Crippen molar-refractivity contribution in [3.8, 4) is 11.5 Å². The van der Waals surface area contributed by atoms with Crippen molar-refractivity contribution in [2.75, 3.05) is 19.5 Å². The first-order valence-electron chi connectivity index (χ1n) is 6.06. The smallest absolute Gasteiger partial charge is 0.223 e. The van der Waals surface area contributed by atoms with E-state index in [9.17, 15) is 4.79 Å². The van der Waals surface area contributed by atoms with Crippen LogP contribution in [0, 0.1) is 0 Å². The molecule has 0 fully saturated rings. The summed E-state index contributed by atoms with van der Waals surface area (Å²) < 4.78 is 11.3. The number of amides is 1. The molecule has 2 aromatic rings. The number of carbonyl (C=O) groups is 1. The van der Waals surface area contributed by atoms with E-state index in [2.05, 4.69) is 15.5 Å². The molecule has 1 heterocycles. The van der Waals surface area contributed by atoms with E-state index in [0.717, 1.165) is 21.4 Å². The summed E-state index contributed by atoms with van der Waals surface area (Å²) in [6, 6.07) is 5.73. The van der Waals surface area contributed by atoms with Crippen LogP contribution in [-0.4, -0.2) is 30.3 Å². The molecular formula is C13H15N3O3S2. The van der Waals surface area contributed by atoms with Crippen LogP contribution in [0.25, 0.3) is 0 Å². The summed E-state index contributed by atoms with van der Waals surface area (Å²) in [7, 11) is 3.24. The summed E-state index contributed by atoms with van der Waals surface area (Å²) in [6.45, 7) is 1.44. The summed E-state index contributed by atoms with van der Waals surface area (Å²) in [5, 5.41) is 11.0. The zero-order chi connectivity index (χ0) is 15.2. The first kappa shape index (κ1) is 15.6. The highest BCUT2D eigenvalue weighted by molar-refractivity contribution is 8.00. The van der Waals surface area contributed by atoms with E-state index in [-0.39, 0.29) is 5.91 Å². The van der Waals surface area contributed by atoms with Crippen molar-refractivity contribution in [3.63, 3.8) is 0 Å². The number of hydrogen-bond donors (Lipinski definition) is 1. The first-order valence-corrected chi connectivity index (χ1v) is 7.86. The zero-order valence-corrected chi connectivity index (χ0v) is 13.5. The van der Waals surface area contributed by atoms with E-state index < -0.39 is 0 Å². The highest BCUT2D eigenvalue weighted by atomic mass is 32.2. The number of nitrogens with one attached hydrogen (secondary N) is 1. The third-order valence-corrected chi connectivity index (χ3v) is 4.51. The zero-order valence-electron chi connectivity index (χ0n) is 11.9. The summed E-state index contributed by atoms with van der Waals surface area (Å²) in [6.07, 6.45) is 0.